The van der Waals surface area contributed by atoms with E-state index in [0.717, 1.165) is 16.9 Å². The van der Waals surface area contributed by atoms with Crippen LogP contribution in [0.15, 0.2) is 46.6 Å². The Morgan fingerprint density at radius 1 is 1.20 bits per heavy atom. The van der Waals surface area contributed by atoms with Crippen LogP contribution in [0.1, 0.15) is 21.5 Å². The molecule has 25 heavy (non-hydrogen) atoms. The Labute approximate surface area is 151 Å². The van der Waals surface area contributed by atoms with Crippen molar-refractivity contribution in [2.45, 2.75) is 19.9 Å². The molecule has 1 aliphatic heterocycles. The number of rotatable bonds is 3. The van der Waals surface area contributed by atoms with E-state index < -0.39 is 0 Å². The van der Waals surface area contributed by atoms with E-state index in [1.54, 1.807) is 23.9 Å². The second-order valence-electron chi connectivity index (χ2n) is 5.66. The van der Waals surface area contributed by atoms with E-state index in [0.29, 0.717) is 5.69 Å². The zero-order chi connectivity index (χ0) is 18.4. The Morgan fingerprint density at radius 3 is 2.56 bits per heavy atom. The summed E-state index contributed by atoms with van der Waals surface area (Å²) in [5.41, 5.74) is 8.29. The Morgan fingerprint density at radius 2 is 1.96 bits per heavy atom. The average molecular weight is 357 g/mol. The van der Waals surface area contributed by atoms with Gasteiger partial charge in [-0.1, -0.05) is 18.2 Å². The van der Waals surface area contributed by atoms with Crippen LogP contribution >= 0.6 is 11.8 Å². The fourth-order valence-electron chi connectivity index (χ4n) is 2.43. The molecule has 1 atom stereocenters. The Bertz CT molecular complexity index is 843. The molecule has 0 bridgehead atoms. The number of nitrogens with one attached hydrogen (secondary N) is 2. The second kappa shape index (κ2) is 8.69. The molecule has 132 valence electrons. The van der Waals surface area contributed by atoms with Crippen LogP contribution in [0.2, 0.25) is 0 Å². The highest BCUT2D eigenvalue weighted by molar-refractivity contribution is 8.02. The molecule has 0 radical (unpaired) electrons. The van der Waals surface area contributed by atoms with Crippen LogP contribution in [0.3, 0.4) is 0 Å². The summed E-state index contributed by atoms with van der Waals surface area (Å²) in [7, 11) is 1.50. The average Bonchev–Trinajstić information content (AvgIpc) is 3.12. The van der Waals surface area contributed by atoms with Crippen LogP contribution in [0.25, 0.3) is 11.3 Å². The molecule has 6 heteroatoms. The topological polar surface area (TPSA) is 88.0 Å². The van der Waals surface area contributed by atoms with Gasteiger partial charge in [0.25, 0.3) is 11.5 Å². The molecule has 1 aromatic heterocycles. The summed E-state index contributed by atoms with van der Waals surface area (Å²) in [6.07, 6.45) is 1.93. The zero-order valence-electron chi connectivity index (χ0n) is 14.6. The van der Waals surface area contributed by atoms with E-state index in [1.807, 2.05) is 43.5 Å². The van der Waals surface area contributed by atoms with Crippen molar-refractivity contribution in [2.75, 3.05) is 12.8 Å². The van der Waals surface area contributed by atoms with Crippen molar-refractivity contribution in [3.63, 3.8) is 0 Å². The van der Waals surface area contributed by atoms with Gasteiger partial charge in [0, 0.05) is 11.4 Å². The van der Waals surface area contributed by atoms with Gasteiger partial charge in [-0.05, 0) is 61.2 Å². The van der Waals surface area contributed by atoms with Gasteiger partial charge < -0.3 is 16.0 Å². The first-order valence-electron chi connectivity index (χ1n) is 8.02. The number of thioether (sulfide) groups is 1. The smallest absolute Gasteiger partial charge is 0.261 e. The van der Waals surface area contributed by atoms with Crippen LogP contribution in [-0.2, 0) is 0 Å². The Balaban J connectivity index is 0.00000109. The van der Waals surface area contributed by atoms with Crippen molar-refractivity contribution in [1.82, 2.24) is 10.3 Å². The summed E-state index contributed by atoms with van der Waals surface area (Å²) >= 11 is 1.64. The lowest BCUT2D eigenvalue weighted by Gasteiger charge is -2.10. The summed E-state index contributed by atoms with van der Waals surface area (Å²) in [5.74, 6) is 0.472. The van der Waals surface area contributed by atoms with Crippen molar-refractivity contribution in [3.05, 3.63) is 68.9 Å². The minimum absolute atomic E-state index is 0.00803. The third kappa shape index (κ3) is 4.61. The Kier molecular flexibility index (Phi) is 6.61. The van der Waals surface area contributed by atoms with E-state index in [2.05, 4.69) is 16.0 Å². The van der Waals surface area contributed by atoms with Gasteiger partial charge in [0.1, 0.15) is 5.56 Å². The number of aromatic amines is 1. The first-order chi connectivity index (χ1) is 12.0. The van der Waals surface area contributed by atoms with Gasteiger partial charge in [0.05, 0.1) is 6.04 Å². The molecule has 0 saturated carbocycles. The van der Waals surface area contributed by atoms with Crippen LogP contribution in [-0.4, -0.2) is 29.7 Å². The van der Waals surface area contributed by atoms with Gasteiger partial charge in [-0.2, -0.15) is 0 Å². The molecule has 1 aromatic carbocycles. The maximum atomic E-state index is 12.2. The predicted octanol–water partition coefficient (Wildman–Crippen LogP) is 2.59. The normalized spacial score (nSPS) is 15.4. The predicted molar refractivity (Wildman–Crippen MR) is 105 cm³/mol. The number of aryl methyl sites for hydroxylation is 2. The number of benzene rings is 1. The number of carbonyl (C=O) groups is 1. The number of carbonyl (C=O) groups excluding carboxylic acids is 1. The van der Waals surface area contributed by atoms with Crippen LogP contribution < -0.4 is 16.6 Å². The van der Waals surface area contributed by atoms with Crippen LogP contribution in [0.5, 0.6) is 0 Å². The lowest BCUT2D eigenvalue weighted by molar-refractivity contribution is 0.0946. The summed E-state index contributed by atoms with van der Waals surface area (Å²) < 4.78 is 0. The zero-order valence-corrected chi connectivity index (χ0v) is 15.4. The highest BCUT2D eigenvalue weighted by Crippen LogP contribution is 2.19. The number of nitrogens with two attached hydrogens (primary N) is 1. The van der Waals surface area contributed by atoms with E-state index in [1.165, 1.54) is 12.6 Å². The van der Waals surface area contributed by atoms with Gasteiger partial charge in [-0.25, -0.2) is 0 Å². The van der Waals surface area contributed by atoms with Crippen molar-refractivity contribution < 1.29 is 4.79 Å². The molecule has 2 heterocycles. The molecule has 3 rings (SSSR count). The third-order valence-corrected chi connectivity index (χ3v) is 4.87. The van der Waals surface area contributed by atoms with Crippen molar-refractivity contribution >= 4 is 17.7 Å². The first-order valence-corrected chi connectivity index (χ1v) is 9.07. The van der Waals surface area contributed by atoms with Gasteiger partial charge in [0.2, 0.25) is 0 Å². The summed E-state index contributed by atoms with van der Waals surface area (Å²) in [6.45, 7) is 4.08. The lowest BCUT2D eigenvalue weighted by atomic mass is 10.0. The maximum absolute atomic E-state index is 12.2. The molecule has 0 fully saturated rings. The van der Waals surface area contributed by atoms with Crippen molar-refractivity contribution in [3.8, 4) is 11.3 Å². The van der Waals surface area contributed by atoms with E-state index >= 15 is 0 Å². The van der Waals surface area contributed by atoms with E-state index in [9.17, 15) is 9.59 Å². The molecule has 5 nitrogen and oxygen atoms in total. The van der Waals surface area contributed by atoms with Gasteiger partial charge in [0.15, 0.2) is 0 Å². The molecule has 1 unspecified atom stereocenters. The van der Waals surface area contributed by atoms with Gasteiger partial charge in [-0.15, -0.1) is 11.8 Å². The van der Waals surface area contributed by atoms with Crippen molar-refractivity contribution in [1.29, 1.82) is 0 Å². The highest BCUT2D eigenvalue weighted by Gasteiger charge is 2.17. The molecule has 1 amide bonds. The van der Waals surface area contributed by atoms with Crippen LogP contribution in [0.4, 0.5) is 0 Å². The molecule has 0 aliphatic carbocycles. The molecular weight excluding hydrogens is 334 g/mol. The molecule has 0 saturated heterocycles. The fraction of sp³-hybridized carbons (Fsp3) is 0.263. The van der Waals surface area contributed by atoms with Gasteiger partial charge in [-0.3, -0.25) is 9.59 Å². The van der Waals surface area contributed by atoms with E-state index in [-0.39, 0.29) is 23.1 Å². The number of hydrogen-bond donors (Lipinski definition) is 3. The standard InChI is InChI=1S/C18H18N2O2S.CH5N/c1-11-3-4-13(9-12(11)2)16-6-5-15(18(22)20-16)17(21)19-14-7-8-23-10-14;1-2/h3-9,14H,10H2,1-2H3,(H,19,21)(H,20,22);2H2,1H3. The first kappa shape index (κ1) is 19.0. The maximum Gasteiger partial charge on any atom is 0.261 e. The minimum Gasteiger partial charge on any atom is -0.345 e. The summed E-state index contributed by atoms with van der Waals surface area (Å²) in [5, 5.41) is 4.80. The highest BCUT2D eigenvalue weighted by atomic mass is 32.2. The molecule has 0 spiro atoms. The summed E-state index contributed by atoms with van der Waals surface area (Å²) in [6, 6.07) is 9.37. The number of H-pyrrole nitrogens is 1. The van der Waals surface area contributed by atoms with Crippen LogP contribution in [0, 0.1) is 13.8 Å². The molecule has 2 aromatic rings. The number of hydrogen-bond acceptors (Lipinski definition) is 4. The van der Waals surface area contributed by atoms with Crippen molar-refractivity contribution in [2.24, 2.45) is 5.73 Å². The quantitative estimate of drug-likeness (QED) is 0.788. The SMILES string of the molecule is CN.Cc1ccc(-c2ccc(C(=O)NC3C=CSC3)c(=O)[nH]2)cc1C. The minimum atomic E-state index is -0.368. The third-order valence-electron chi connectivity index (χ3n) is 3.97. The monoisotopic (exact) mass is 357 g/mol. The Hall–Kier alpha value is -2.31. The number of aromatic nitrogens is 1. The largest absolute Gasteiger partial charge is 0.345 e. The second-order valence-corrected chi connectivity index (χ2v) is 6.59. The number of amides is 1. The molecule has 1 aliphatic rings. The number of pyridine rings is 1. The molecule has 4 N–H and O–H groups in total. The van der Waals surface area contributed by atoms with E-state index in [4.69, 9.17) is 0 Å². The lowest BCUT2D eigenvalue weighted by Crippen LogP contribution is -2.36. The summed E-state index contributed by atoms with van der Waals surface area (Å²) in [4.78, 5) is 27.2. The van der Waals surface area contributed by atoms with Gasteiger partial charge >= 0.3 is 0 Å². The fourth-order valence-corrected chi connectivity index (χ4v) is 3.24. The molecular formula is C19H23N3O2S.